The first kappa shape index (κ1) is 37.0. The molecule has 0 spiro atoms. The summed E-state index contributed by atoms with van der Waals surface area (Å²) in [6, 6.07) is 58.5. The lowest BCUT2D eigenvalue weighted by Crippen LogP contribution is -2.35. The normalized spacial score (nSPS) is 14.4. The Morgan fingerprint density at radius 3 is 1.42 bits per heavy atom. The van der Waals surface area contributed by atoms with Gasteiger partial charge in [0.25, 0.3) is 0 Å². The first-order valence-electron chi connectivity index (χ1n) is 19.0. The van der Waals surface area contributed by atoms with Crippen LogP contribution in [0.3, 0.4) is 0 Å². The maximum absolute atomic E-state index is 13.8. The van der Waals surface area contributed by atoms with Crippen LogP contribution in [0, 0.1) is 0 Å². The van der Waals surface area contributed by atoms with Gasteiger partial charge in [-0.05, 0) is 64.2 Å². The summed E-state index contributed by atoms with van der Waals surface area (Å²) in [4.78, 5) is 13.8. The van der Waals surface area contributed by atoms with Crippen LogP contribution in [0.15, 0.2) is 182 Å². The highest BCUT2D eigenvalue weighted by molar-refractivity contribution is 5.89. The number of esters is 1. The van der Waals surface area contributed by atoms with Crippen molar-refractivity contribution >= 4 is 5.97 Å². The van der Waals surface area contributed by atoms with E-state index in [-0.39, 0.29) is 0 Å². The topological polar surface area (TPSA) is 72.5 Å². The van der Waals surface area contributed by atoms with E-state index in [0.717, 1.165) is 39.1 Å². The van der Waals surface area contributed by atoms with Gasteiger partial charge < -0.3 is 28.4 Å². The van der Waals surface area contributed by atoms with Gasteiger partial charge in [0, 0.05) is 24.1 Å². The Labute approximate surface area is 333 Å². The Morgan fingerprint density at radius 1 is 0.491 bits per heavy atom. The molecule has 7 aromatic rings. The summed E-state index contributed by atoms with van der Waals surface area (Å²) in [5.74, 6) is 2.71. The van der Waals surface area contributed by atoms with Crippen molar-refractivity contribution < 1.29 is 33.2 Å². The second-order valence-corrected chi connectivity index (χ2v) is 13.8. The van der Waals surface area contributed by atoms with E-state index < -0.39 is 18.2 Å². The van der Waals surface area contributed by atoms with Gasteiger partial charge in [0.1, 0.15) is 61.3 Å². The van der Waals surface area contributed by atoms with Crippen molar-refractivity contribution in [2.75, 3.05) is 0 Å². The highest BCUT2D eigenvalue weighted by Crippen LogP contribution is 2.44. The Bertz CT molecular complexity index is 2330. The van der Waals surface area contributed by atoms with Gasteiger partial charge in [0.05, 0.1) is 5.56 Å². The molecule has 8 rings (SSSR count). The highest BCUT2D eigenvalue weighted by atomic mass is 16.6. The van der Waals surface area contributed by atoms with Crippen molar-refractivity contribution in [1.29, 1.82) is 0 Å². The largest absolute Gasteiger partial charge is 0.489 e. The number of benzene rings is 7. The smallest absolute Gasteiger partial charge is 0.338 e. The molecule has 0 aromatic heterocycles. The van der Waals surface area contributed by atoms with E-state index in [9.17, 15) is 4.79 Å². The van der Waals surface area contributed by atoms with E-state index in [0.29, 0.717) is 61.4 Å². The first-order chi connectivity index (χ1) is 28.1. The number of rotatable bonds is 15. The highest BCUT2D eigenvalue weighted by Gasteiger charge is 2.37. The zero-order valence-corrected chi connectivity index (χ0v) is 31.4. The number of fused-ring (bicyclic) bond motifs is 1. The predicted molar refractivity (Wildman–Crippen MR) is 219 cm³/mol. The molecule has 0 N–H and O–H groups in total. The number of carbonyl (C=O) groups is 1. The van der Waals surface area contributed by atoms with Gasteiger partial charge in [0.15, 0.2) is 6.10 Å². The molecule has 0 radical (unpaired) electrons. The third-order valence-electron chi connectivity index (χ3n) is 9.68. The lowest BCUT2D eigenvalue weighted by atomic mass is 9.93. The van der Waals surface area contributed by atoms with Crippen LogP contribution < -0.4 is 23.7 Å². The minimum atomic E-state index is -0.690. The van der Waals surface area contributed by atoms with Crippen LogP contribution in [0.25, 0.3) is 0 Å². The molecule has 7 heteroatoms. The Kier molecular flexibility index (Phi) is 11.7. The van der Waals surface area contributed by atoms with Crippen LogP contribution in [-0.4, -0.2) is 12.1 Å². The van der Waals surface area contributed by atoms with Gasteiger partial charge in [-0.2, -0.15) is 0 Å². The molecule has 0 fully saturated rings. The predicted octanol–water partition coefficient (Wildman–Crippen LogP) is 10.9. The van der Waals surface area contributed by atoms with Crippen LogP contribution in [0.5, 0.6) is 28.7 Å². The third kappa shape index (κ3) is 9.82. The monoisotopic (exact) mass is 754 g/mol. The summed E-state index contributed by atoms with van der Waals surface area (Å²) in [6.07, 6.45) is -0.978. The molecule has 0 saturated carbocycles. The molecule has 0 aliphatic carbocycles. The average Bonchev–Trinajstić information content (AvgIpc) is 3.28. The Hall–Kier alpha value is -6.99. The number of hydrogen-bond acceptors (Lipinski definition) is 7. The standard InChI is InChI=1S/C50H42O7/c51-50(41-23-27-43(28-24-41)53-33-37-15-7-2-8-16-37)57-48-31-45-46(55-35-39-19-11-4-12-20-39)29-44(54-34-38-17-9-3-10-18-38)30-47(45)56-49(48)40-21-25-42(26-22-40)52-32-36-13-5-1-6-14-36/h1-30,48-49H,31-35H2/t48-,49+/m1/s1. The fourth-order valence-electron chi connectivity index (χ4n) is 6.63. The third-order valence-corrected chi connectivity index (χ3v) is 9.68. The number of hydrogen-bond donors (Lipinski definition) is 0. The van der Waals surface area contributed by atoms with Crippen molar-refractivity contribution in [3.05, 3.63) is 221 Å². The van der Waals surface area contributed by atoms with Gasteiger partial charge in [0.2, 0.25) is 0 Å². The molecule has 7 nitrogen and oxygen atoms in total. The Morgan fingerprint density at radius 2 is 0.930 bits per heavy atom. The van der Waals surface area contributed by atoms with Crippen LogP contribution in [-0.2, 0) is 37.6 Å². The minimum Gasteiger partial charge on any atom is -0.489 e. The molecule has 1 aliphatic heterocycles. The van der Waals surface area contributed by atoms with Crippen molar-refractivity contribution in [3.63, 3.8) is 0 Å². The van der Waals surface area contributed by atoms with E-state index in [1.165, 1.54) is 0 Å². The van der Waals surface area contributed by atoms with E-state index in [2.05, 4.69) is 0 Å². The molecule has 0 bridgehead atoms. The molecular weight excluding hydrogens is 713 g/mol. The first-order valence-corrected chi connectivity index (χ1v) is 19.0. The summed E-state index contributed by atoms with van der Waals surface area (Å²) in [6.45, 7) is 1.59. The lowest BCUT2D eigenvalue weighted by Gasteiger charge is -2.34. The van der Waals surface area contributed by atoms with Crippen molar-refractivity contribution in [3.8, 4) is 28.7 Å². The number of ether oxygens (including phenoxy) is 6. The zero-order valence-electron chi connectivity index (χ0n) is 31.4. The summed E-state index contributed by atoms with van der Waals surface area (Å²) >= 11 is 0. The van der Waals surface area contributed by atoms with Gasteiger partial charge in [-0.25, -0.2) is 4.79 Å². The molecule has 0 amide bonds. The lowest BCUT2D eigenvalue weighted by molar-refractivity contribution is -0.0189. The average molecular weight is 755 g/mol. The zero-order chi connectivity index (χ0) is 38.7. The maximum atomic E-state index is 13.8. The second kappa shape index (κ2) is 18.1. The number of carbonyl (C=O) groups excluding carboxylic acids is 1. The van der Waals surface area contributed by atoms with E-state index in [4.69, 9.17) is 28.4 Å². The fourth-order valence-corrected chi connectivity index (χ4v) is 6.63. The van der Waals surface area contributed by atoms with Gasteiger partial charge in [-0.15, -0.1) is 0 Å². The van der Waals surface area contributed by atoms with Crippen molar-refractivity contribution in [1.82, 2.24) is 0 Å². The second-order valence-electron chi connectivity index (χ2n) is 13.8. The summed E-state index contributed by atoms with van der Waals surface area (Å²) < 4.78 is 38.0. The molecule has 1 aliphatic rings. The molecule has 7 aromatic carbocycles. The fraction of sp³-hybridized carbons (Fsp3) is 0.140. The van der Waals surface area contributed by atoms with Gasteiger partial charge in [-0.1, -0.05) is 133 Å². The quantitative estimate of drug-likeness (QED) is 0.0965. The minimum absolute atomic E-state index is 0.340. The molecule has 57 heavy (non-hydrogen) atoms. The molecule has 0 saturated heterocycles. The van der Waals surface area contributed by atoms with Gasteiger partial charge >= 0.3 is 5.97 Å². The summed E-state index contributed by atoms with van der Waals surface area (Å²) in [5, 5.41) is 0. The molecule has 2 atom stereocenters. The molecule has 1 heterocycles. The van der Waals surface area contributed by atoms with E-state index >= 15 is 0 Å². The summed E-state index contributed by atoms with van der Waals surface area (Å²) in [5.41, 5.74) is 6.22. The summed E-state index contributed by atoms with van der Waals surface area (Å²) in [7, 11) is 0. The van der Waals surface area contributed by atoms with E-state index in [1.807, 2.05) is 158 Å². The molecule has 0 unspecified atom stereocenters. The Balaban J connectivity index is 1.06. The van der Waals surface area contributed by atoms with Gasteiger partial charge in [-0.3, -0.25) is 0 Å². The van der Waals surface area contributed by atoms with Crippen molar-refractivity contribution in [2.24, 2.45) is 0 Å². The van der Waals surface area contributed by atoms with Crippen LogP contribution in [0.4, 0.5) is 0 Å². The van der Waals surface area contributed by atoms with Crippen LogP contribution >= 0.6 is 0 Å². The van der Waals surface area contributed by atoms with Crippen molar-refractivity contribution in [2.45, 2.75) is 45.1 Å². The molecular formula is C50H42O7. The molecule has 284 valence electrons. The maximum Gasteiger partial charge on any atom is 0.338 e. The van der Waals surface area contributed by atoms with Crippen LogP contribution in [0.2, 0.25) is 0 Å². The van der Waals surface area contributed by atoms with Crippen LogP contribution in [0.1, 0.15) is 49.8 Å². The SMILES string of the molecule is O=C(O[C@@H]1Cc2c(OCc3ccccc3)cc(OCc3ccccc3)cc2O[C@H]1c1ccc(OCc2ccccc2)cc1)c1ccc(OCc2ccccc2)cc1. The van der Waals surface area contributed by atoms with E-state index in [1.54, 1.807) is 24.3 Å².